The summed E-state index contributed by atoms with van der Waals surface area (Å²) in [6.45, 7) is 9.85. The molecule has 0 amide bonds. The van der Waals surface area contributed by atoms with Gasteiger partial charge in [0.1, 0.15) is 5.82 Å². The highest BCUT2D eigenvalue weighted by molar-refractivity contribution is 5.53. The number of nitrogens with zero attached hydrogens (tertiary/aromatic N) is 1. The molecular formula is C13H23N3O2. The average molecular weight is 253 g/mol. The number of hydrogen-bond donors (Lipinski definition) is 2. The van der Waals surface area contributed by atoms with Gasteiger partial charge in [0, 0.05) is 13.2 Å². The van der Waals surface area contributed by atoms with Crippen LogP contribution in [0.1, 0.15) is 27.7 Å². The molecule has 1 aromatic rings. The first-order valence-electron chi connectivity index (χ1n) is 6.25. The van der Waals surface area contributed by atoms with Gasteiger partial charge < -0.3 is 20.5 Å². The minimum Gasteiger partial charge on any atom is -0.476 e. The molecule has 1 aromatic heterocycles. The van der Waals surface area contributed by atoms with E-state index in [1.807, 2.05) is 33.8 Å². The van der Waals surface area contributed by atoms with Crippen LogP contribution < -0.4 is 15.8 Å². The zero-order valence-corrected chi connectivity index (χ0v) is 11.6. The number of nitrogens with one attached hydrogen (secondary N) is 1. The Morgan fingerprint density at radius 3 is 2.61 bits per heavy atom. The normalized spacial score (nSPS) is 11.3. The van der Waals surface area contributed by atoms with Gasteiger partial charge in [0.25, 0.3) is 0 Å². The second kappa shape index (κ2) is 6.44. The zero-order chi connectivity index (χ0) is 13.6. The Bertz CT molecular complexity index is 380. The third-order valence-corrected chi connectivity index (χ3v) is 2.40. The van der Waals surface area contributed by atoms with Crippen LogP contribution in [0, 0.1) is 0 Å². The van der Waals surface area contributed by atoms with Crippen molar-refractivity contribution >= 4 is 11.5 Å². The van der Waals surface area contributed by atoms with Crippen molar-refractivity contribution in [1.29, 1.82) is 0 Å². The van der Waals surface area contributed by atoms with Crippen LogP contribution in [0.25, 0.3) is 0 Å². The number of anilines is 2. The number of ether oxygens (including phenoxy) is 2. The van der Waals surface area contributed by atoms with Gasteiger partial charge in [0.15, 0.2) is 0 Å². The van der Waals surface area contributed by atoms with E-state index in [0.29, 0.717) is 31.3 Å². The molecule has 0 atom stereocenters. The first-order chi connectivity index (χ1) is 8.48. The van der Waals surface area contributed by atoms with Gasteiger partial charge in [-0.2, -0.15) is 4.98 Å². The summed E-state index contributed by atoms with van der Waals surface area (Å²) in [6.07, 6.45) is 0. The van der Waals surface area contributed by atoms with Crippen molar-refractivity contribution in [2.24, 2.45) is 0 Å². The van der Waals surface area contributed by atoms with E-state index in [2.05, 4.69) is 10.3 Å². The summed E-state index contributed by atoms with van der Waals surface area (Å²) < 4.78 is 11.0. The monoisotopic (exact) mass is 253 g/mol. The summed E-state index contributed by atoms with van der Waals surface area (Å²) in [4.78, 5) is 4.31. The van der Waals surface area contributed by atoms with E-state index in [4.69, 9.17) is 15.2 Å². The lowest BCUT2D eigenvalue weighted by atomic mass is 10.1. The van der Waals surface area contributed by atoms with Crippen molar-refractivity contribution in [2.45, 2.75) is 33.3 Å². The van der Waals surface area contributed by atoms with Crippen molar-refractivity contribution in [2.75, 3.05) is 30.8 Å². The molecule has 0 saturated carbocycles. The van der Waals surface area contributed by atoms with Gasteiger partial charge in [-0.05, 0) is 39.8 Å². The number of aromatic nitrogens is 1. The van der Waals surface area contributed by atoms with Crippen molar-refractivity contribution in [3.8, 4) is 5.88 Å². The summed E-state index contributed by atoms with van der Waals surface area (Å²) >= 11 is 0. The zero-order valence-electron chi connectivity index (χ0n) is 11.6. The molecule has 0 bridgehead atoms. The smallest absolute Gasteiger partial charge is 0.239 e. The minimum atomic E-state index is -0.233. The Hall–Kier alpha value is -1.49. The van der Waals surface area contributed by atoms with Crippen LogP contribution in [0.2, 0.25) is 0 Å². The molecule has 0 aromatic carbocycles. The van der Waals surface area contributed by atoms with E-state index in [1.54, 1.807) is 6.07 Å². The summed E-state index contributed by atoms with van der Waals surface area (Å²) in [5.74, 6) is 1.21. The largest absolute Gasteiger partial charge is 0.476 e. The van der Waals surface area contributed by atoms with Crippen LogP contribution in [0.5, 0.6) is 5.88 Å². The van der Waals surface area contributed by atoms with Crippen LogP contribution >= 0.6 is 0 Å². The lowest BCUT2D eigenvalue weighted by Crippen LogP contribution is -2.33. The fraction of sp³-hybridized carbons (Fsp3) is 0.615. The maximum atomic E-state index is 5.77. The average Bonchev–Trinajstić information content (AvgIpc) is 2.30. The minimum absolute atomic E-state index is 0.233. The highest BCUT2D eigenvalue weighted by atomic mass is 16.5. The van der Waals surface area contributed by atoms with Crippen LogP contribution in [0.4, 0.5) is 11.5 Å². The molecular weight excluding hydrogens is 230 g/mol. The molecule has 0 aliphatic carbocycles. The Balaban J connectivity index is 2.65. The molecule has 0 fully saturated rings. The van der Waals surface area contributed by atoms with Crippen LogP contribution in [0.15, 0.2) is 12.1 Å². The van der Waals surface area contributed by atoms with E-state index < -0.39 is 0 Å². The van der Waals surface area contributed by atoms with Gasteiger partial charge in [-0.1, -0.05) is 0 Å². The Morgan fingerprint density at radius 1 is 1.28 bits per heavy atom. The molecule has 0 saturated heterocycles. The first-order valence-corrected chi connectivity index (χ1v) is 6.25. The van der Waals surface area contributed by atoms with Crippen molar-refractivity contribution in [3.05, 3.63) is 12.1 Å². The first kappa shape index (κ1) is 14.6. The molecule has 3 N–H and O–H groups in total. The van der Waals surface area contributed by atoms with Gasteiger partial charge in [-0.15, -0.1) is 0 Å². The molecule has 18 heavy (non-hydrogen) atoms. The van der Waals surface area contributed by atoms with Crippen LogP contribution in [0.3, 0.4) is 0 Å². The number of rotatable bonds is 7. The number of pyridine rings is 1. The molecule has 0 unspecified atom stereocenters. The molecule has 0 radical (unpaired) electrons. The molecule has 1 heterocycles. The Morgan fingerprint density at radius 2 is 2.00 bits per heavy atom. The molecule has 102 valence electrons. The number of nitrogen functional groups attached to an aromatic ring is 1. The molecule has 1 rings (SSSR count). The van der Waals surface area contributed by atoms with E-state index in [1.165, 1.54) is 0 Å². The predicted octanol–water partition coefficient (Wildman–Crippen LogP) is 2.29. The number of nitrogens with two attached hydrogens (primary N) is 1. The summed E-state index contributed by atoms with van der Waals surface area (Å²) in [5, 5.41) is 3.22. The predicted molar refractivity (Wildman–Crippen MR) is 74.0 cm³/mol. The fourth-order valence-electron chi connectivity index (χ4n) is 1.55. The summed E-state index contributed by atoms with van der Waals surface area (Å²) in [6, 6.07) is 3.62. The number of hydrogen-bond acceptors (Lipinski definition) is 5. The second-order valence-corrected chi connectivity index (χ2v) is 4.57. The fourth-order valence-corrected chi connectivity index (χ4v) is 1.55. The third-order valence-electron chi connectivity index (χ3n) is 2.40. The van der Waals surface area contributed by atoms with Gasteiger partial charge >= 0.3 is 0 Å². The SMILES string of the molecule is CCOc1nc(NCC(C)(C)OCC)ccc1N. The van der Waals surface area contributed by atoms with Crippen molar-refractivity contribution in [1.82, 2.24) is 4.98 Å². The Kier molecular flexibility index (Phi) is 5.22. The Labute approximate surface area is 109 Å². The van der Waals surface area contributed by atoms with Gasteiger partial charge in [0.05, 0.1) is 17.9 Å². The van der Waals surface area contributed by atoms with Crippen molar-refractivity contribution in [3.63, 3.8) is 0 Å². The van der Waals surface area contributed by atoms with E-state index >= 15 is 0 Å². The molecule has 0 spiro atoms. The summed E-state index contributed by atoms with van der Waals surface area (Å²) in [7, 11) is 0. The standard InChI is InChI=1S/C13H23N3O2/c1-5-17-12-10(14)7-8-11(16-12)15-9-13(3,4)18-6-2/h7-8H,5-6,9,14H2,1-4H3,(H,15,16). The lowest BCUT2D eigenvalue weighted by molar-refractivity contribution is 0.000634. The highest BCUT2D eigenvalue weighted by Crippen LogP contribution is 2.21. The maximum Gasteiger partial charge on any atom is 0.239 e. The van der Waals surface area contributed by atoms with Gasteiger partial charge in [-0.3, -0.25) is 0 Å². The van der Waals surface area contributed by atoms with Crippen LogP contribution in [-0.4, -0.2) is 30.3 Å². The van der Waals surface area contributed by atoms with E-state index in [9.17, 15) is 0 Å². The van der Waals surface area contributed by atoms with Crippen molar-refractivity contribution < 1.29 is 9.47 Å². The third kappa shape index (κ3) is 4.41. The highest BCUT2D eigenvalue weighted by Gasteiger charge is 2.17. The van der Waals surface area contributed by atoms with Crippen LogP contribution in [-0.2, 0) is 4.74 Å². The van der Waals surface area contributed by atoms with E-state index in [-0.39, 0.29) is 5.60 Å². The lowest BCUT2D eigenvalue weighted by Gasteiger charge is -2.25. The quantitative estimate of drug-likeness (QED) is 0.780. The van der Waals surface area contributed by atoms with Gasteiger partial charge in [-0.25, -0.2) is 0 Å². The topological polar surface area (TPSA) is 69.4 Å². The maximum absolute atomic E-state index is 5.77. The molecule has 5 nitrogen and oxygen atoms in total. The van der Waals surface area contributed by atoms with E-state index in [0.717, 1.165) is 5.82 Å². The molecule has 0 aliphatic heterocycles. The molecule has 0 aliphatic rings. The second-order valence-electron chi connectivity index (χ2n) is 4.57. The summed E-state index contributed by atoms with van der Waals surface area (Å²) in [5.41, 5.74) is 6.08. The van der Waals surface area contributed by atoms with Gasteiger partial charge in [0.2, 0.25) is 5.88 Å². The molecule has 5 heteroatoms.